The molecule has 1 aliphatic rings. The lowest BCUT2D eigenvalue weighted by Gasteiger charge is -2.38. The van der Waals surface area contributed by atoms with Gasteiger partial charge in [0.2, 0.25) is 0 Å². The van der Waals surface area contributed by atoms with Gasteiger partial charge in [0.15, 0.2) is 0 Å². The molecule has 0 aliphatic carbocycles. The van der Waals surface area contributed by atoms with Gasteiger partial charge in [-0.15, -0.1) is 0 Å². The second kappa shape index (κ2) is 9.79. The molecule has 1 aromatic heterocycles. The Balaban J connectivity index is 1.59. The fourth-order valence-corrected chi connectivity index (χ4v) is 3.97. The van der Waals surface area contributed by atoms with E-state index in [1.54, 1.807) is 0 Å². The van der Waals surface area contributed by atoms with E-state index in [9.17, 15) is 4.79 Å². The average Bonchev–Trinajstić information content (AvgIpc) is 2.76. The summed E-state index contributed by atoms with van der Waals surface area (Å²) in [6, 6.07) is 10.8. The lowest BCUT2D eigenvalue weighted by Crippen LogP contribution is -2.46. The first-order chi connectivity index (χ1) is 14.4. The van der Waals surface area contributed by atoms with E-state index in [0.29, 0.717) is 6.42 Å². The van der Waals surface area contributed by atoms with E-state index < -0.39 is 0 Å². The Hall–Kier alpha value is -2.82. The van der Waals surface area contributed by atoms with Gasteiger partial charge in [-0.2, -0.15) is 0 Å². The summed E-state index contributed by atoms with van der Waals surface area (Å²) in [6.07, 6.45) is 2.48. The van der Waals surface area contributed by atoms with Crippen molar-refractivity contribution in [3.05, 3.63) is 59.3 Å². The second-order valence-electron chi connectivity index (χ2n) is 8.23. The number of benzene rings is 1. The summed E-state index contributed by atoms with van der Waals surface area (Å²) >= 11 is 0. The molecule has 0 saturated carbocycles. The van der Waals surface area contributed by atoms with Gasteiger partial charge >= 0.3 is 0 Å². The molecule has 0 amide bonds. The van der Waals surface area contributed by atoms with Crippen LogP contribution in [0.2, 0.25) is 0 Å². The maximum atomic E-state index is 10.5. The molecule has 160 valence electrons. The van der Waals surface area contributed by atoms with Crippen molar-refractivity contribution in [3.63, 3.8) is 0 Å². The average molecular weight is 407 g/mol. The van der Waals surface area contributed by atoms with Gasteiger partial charge in [0.1, 0.15) is 12.1 Å². The summed E-state index contributed by atoms with van der Waals surface area (Å²) in [7, 11) is 2.07. The van der Waals surface area contributed by atoms with Gasteiger partial charge < -0.3 is 19.5 Å². The zero-order chi connectivity index (χ0) is 21.7. The van der Waals surface area contributed by atoms with Crippen LogP contribution in [0.25, 0.3) is 5.70 Å². The number of hydrogen-bond acceptors (Lipinski definition) is 5. The highest BCUT2D eigenvalue weighted by atomic mass is 16.1. The number of unbranched alkanes of at least 4 members (excludes halogenated alkanes) is 1. The van der Waals surface area contributed by atoms with Crippen molar-refractivity contribution in [2.45, 2.75) is 33.6 Å². The number of pyridine rings is 1. The Morgan fingerprint density at radius 1 is 1.10 bits per heavy atom. The molecular weight excluding hydrogens is 372 g/mol. The van der Waals surface area contributed by atoms with Gasteiger partial charge in [0.05, 0.1) is 0 Å². The molecule has 3 rings (SSSR count). The molecule has 5 heteroatoms. The van der Waals surface area contributed by atoms with Crippen molar-refractivity contribution >= 4 is 23.5 Å². The van der Waals surface area contributed by atoms with Crippen LogP contribution in [0, 0.1) is 20.8 Å². The Bertz CT molecular complexity index is 883. The van der Waals surface area contributed by atoms with E-state index in [2.05, 4.69) is 79.4 Å². The molecule has 2 heterocycles. The van der Waals surface area contributed by atoms with Gasteiger partial charge in [0, 0.05) is 63.3 Å². The number of rotatable bonds is 8. The van der Waals surface area contributed by atoms with Crippen molar-refractivity contribution in [3.8, 4) is 0 Å². The molecule has 0 unspecified atom stereocenters. The zero-order valence-corrected chi connectivity index (χ0v) is 18.8. The summed E-state index contributed by atoms with van der Waals surface area (Å²) in [6.45, 7) is 15.4. The maximum Gasteiger partial charge on any atom is 0.131 e. The van der Waals surface area contributed by atoms with E-state index in [-0.39, 0.29) is 0 Å². The van der Waals surface area contributed by atoms with Crippen LogP contribution >= 0.6 is 0 Å². The summed E-state index contributed by atoms with van der Waals surface area (Å²) in [5, 5.41) is 0. The molecule has 1 aliphatic heterocycles. The van der Waals surface area contributed by atoms with Gasteiger partial charge in [-0.05, 0) is 56.0 Å². The number of carbonyl (C=O) groups is 1. The van der Waals surface area contributed by atoms with E-state index in [0.717, 1.165) is 68.2 Å². The third kappa shape index (κ3) is 5.02. The number of piperazine rings is 1. The third-order valence-electron chi connectivity index (χ3n) is 6.05. The number of aromatic nitrogens is 1. The molecule has 0 atom stereocenters. The molecule has 0 spiro atoms. The number of carbonyl (C=O) groups excluding carboxylic acids is 1. The summed E-state index contributed by atoms with van der Waals surface area (Å²) < 4.78 is 0. The van der Waals surface area contributed by atoms with Crippen LogP contribution in [-0.2, 0) is 4.79 Å². The topological polar surface area (TPSA) is 39.7 Å². The van der Waals surface area contributed by atoms with Crippen LogP contribution in [-0.4, -0.2) is 55.9 Å². The van der Waals surface area contributed by atoms with Crippen LogP contribution in [0.5, 0.6) is 0 Å². The minimum Gasteiger partial charge on any atom is -0.375 e. The Labute approximate surface area is 181 Å². The number of anilines is 2. The molecule has 0 N–H and O–H groups in total. The maximum absolute atomic E-state index is 10.5. The number of aryl methyl sites for hydroxylation is 3. The fourth-order valence-electron chi connectivity index (χ4n) is 3.97. The van der Waals surface area contributed by atoms with Crippen molar-refractivity contribution < 1.29 is 4.79 Å². The largest absolute Gasteiger partial charge is 0.375 e. The predicted molar refractivity (Wildman–Crippen MR) is 126 cm³/mol. The third-order valence-corrected chi connectivity index (χ3v) is 6.05. The highest BCUT2D eigenvalue weighted by molar-refractivity contribution is 5.65. The minimum absolute atomic E-state index is 0.614. The van der Waals surface area contributed by atoms with Crippen LogP contribution < -0.4 is 9.80 Å². The van der Waals surface area contributed by atoms with Gasteiger partial charge in [-0.1, -0.05) is 24.8 Å². The SMILES string of the molecule is C=C(c1ccc(N(C)CCCC=O)cc1)N1CCN(c2nc(C)c(C)cc2C)CC1. The number of aldehydes is 1. The standard InChI is InChI=1S/C25H34N4O/c1-19-18-20(2)25(26-21(19)3)29-15-13-28(14-16-29)22(4)23-8-10-24(11-9-23)27(5)12-6-7-17-30/h8-11,17-18H,4,6-7,12-16H2,1-3,5H3. The first-order valence-corrected chi connectivity index (χ1v) is 10.8. The Morgan fingerprint density at radius 3 is 2.40 bits per heavy atom. The lowest BCUT2D eigenvalue weighted by molar-refractivity contribution is -0.107. The summed E-state index contributed by atoms with van der Waals surface area (Å²) in [5.41, 5.74) is 7.01. The van der Waals surface area contributed by atoms with Crippen molar-refractivity contribution in [1.82, 2.24) is 9.88 Å². The minimum atomic E-state index is 0.614. The second-order valence-corrected chi connectivity index (χ2v) is 8.23. The van der Waals surface area contributed by atoms with Gasteiger partial charge in [0.25, 0.3) is 0 Å². The van der Waals surface area contributed by atoms with Crippen LogP contribution in [0.3, 0.4) is 0 Å². The Morgan fingerprint density at radius 2 is 1.77 bits per heavy atom. The molecule has 5 nitrogen and oxygen atoms in total. The van der Waals surface area contributed by atoms with E-state index in [4.69, 9.17) is 4.98 Å². The van der Waals surface area contributed by atoms with Crippen molar-refractivity contribution in [1.29, 1.82) is 0 Å². The monoisotopic (exact) mass is 406 g/mol. The smallest absolute Gasteiger partial charge is 0.131 e. The molecular formula is C25H34N4O. The van der Waals surface area contributed by atoms with E-state index in [1.165, 1.54) is 16.8 Å². The van der Waals surface area contributed by atoms with Crippen molar-refractivity contribution in [2.75, 3.05) is 49.6 Å². The first-order valence-electron chi connectivity index (χ1n) is 10.8. The Kier molecular flexibility index (Phi) is 7.14. The molecule has 1 fully saturated rings. The lowest BCUT2D eigenvalue weighted by atomic mass is 10.1. The molecule has 2 aromatic rings. The molecule has 0 bridgehead atoms. The molecule has 0 radical (unpaired) electrons. The predicted octanol–water partition coefficient (Wildman–Crippen LogP) is 4.22. The zero-order valence-electron chi connectivity index (χ0n) is 18.8. The van der Waals surface area contributed by atoms with Gasteiger partial charge in [-0.3, -0.25) is 0 Å². The quantitative estimate of drug-likeness (QED) is 0.485. The number of hydrogen-bond donors (Lipinski definition) is 0. The molecule has 1 saturated heterocycles. The molecule has 1 aromatic carbocycles. The first kappa shape index (κ1) is 21.9. The van der Waals surface area contributed by atoms with Crippen LogP contribution in [0.15, 0.2) is 36.9 Å². The number of nitrogens with zero attached hydrogens (tertiary/aromatic N) is 4. The van der Waals surface area contributed by atoms with E-state index >= 15 is 0 Å². The highest BCUT2D eigenvalue weighted by Gasteiger charge is 2.21. The van der Waals surface area contributed by atoms with Crippen LogP contribution in [0.1, 0.15) is 35.2 Å². The highest BCUT2D eigenvalue weighted by Crippen LogP contribution is 2.25. The van der Waals surface area contributed by atoms with Crippen molar-refractivity contribution in [2.24, 2.45) is 0 Å². The van der Waals surface area contributed by atoms with Gasteiger partial charge in [-0.25, -0.2) is 4.98 Å². The normalized spacial score (nSPS) is 14.0. The summed E-state index contributed by atoms with van der Waals surface area (Å²) in [5.74, 6) is 1.12. The fraction of sp³-hybridized carbons (Fsp3) is 0.440. The molecule has 30 heavy (non-hydrogen) atoms. The van der Waals surface area contributed by atoms with E-state index in [1.807, 2.05) is 0 Å². The van der Waals surface area contributed by atoms with Crippen LogP contribution in [0.4, 0.5) is 11.5 Å². The summed E-state index contributed by atoms with van der Waals surface area (Å²) in [4.78, 5) is 22.3.